The monoisotopic (exact) mass is 354 g/mol. The van der Waals surface area contributed by atoms with E-state index >= 15 is 0 Å². The number of hydrogen-bond donors (Lipinski definition) is 0. The number of rotatable bonds is 16. The number of nitrogens with zero attached hydrogens (tertiary/aromatic N) is 2. The van der Waals surface area contributed by atoms with E-state index in [0.29, 0.717) is 5.56 Å². The highest BCUT2D eigenvalue weighted by atomic mass is 14.7. The molecule has 0 saturated carbocycles. The molecule has 1 aromatic rings. The molecule has 0 radical (unpaired) electrons. The van der Waals surface area contributed by atoms with Gasteiger partial charge in [-0.3, -0.25) is 4.99 Å². The third-order valence-corrected chi connectivity index (χ3v) is 4.90. The van der Waals surface area contributed by atoms with Crippen molar-refractivity contribution in [1.29, 1.82) is 5.26 Å². The van der Waals surface area contributed by atoms with E-state index in [0.717, 1.165) is 12.1 Å². The molecular weight excluding hydrogens is 316 g/mol. The predicted molar refractivity (Wildman–Crippen MR) is 114 cm³/mol. The zero-order chi connectivity index (χ0) is 18.7. The van der Waals surface area contributed by atoms with Crippen molar-refractivity contribution >= 4 is 6.21 Å². The summed E-state index contributed by atoms with van der Waals surface area (Å²) in [4.78, 5) is 4.48. The molecule has 144 valence electrons. The van der Waals surface area contributed by atoms with Gasteiger partial charge in [-0.25, -0.2) is 0 Å². The lowest BCUT2D eigenvalue weighted by molar-refractivity contribution is 0.536. The van der Waals surface area contributed by atoms with E-state index < -0.39 is 0 Å². The fraction of sp³-hybridized carbons (Fsp3) is 0.667. The Bertz CT molecular complexity index is 513. The second-order valence-electron chi connectivity index (χ2n) is 7.37. The van der Waals surface area contributed by atoms with Gasteiger partial charge in [0.15, 0.2) is 0 Å². The third kappa shape index (κ3) is 12.7. The molecule has 1 rings (SSSR count). The molecule has 0 aromatic heterocycles. The quantitative estimate of drug-likeness (QED) is 0.224. The second-order valence-corrected chi connectivity index (χ2v) is 7.37. The van der Waals surface area contributed by atoms with Crippen LogP contribution in [-0.2, 0) is 0 Å². The molecule has 0 aliphatic rings. The van der Waals surface area contributed by atoms with Crippen LogP contribution in [-0.4, -0.2) is 12.8 Å². The van der Waals surface area contributed by atoms with E-state index in [1.54, 1.807) is 0 Å². The number of unbranched alkanes of at least 4 members (excludes halogenated alkanes) is 13. The first-order chi connectivity index (χ1) is 12.9. The fourth-order valence-electron chi connectivity index (χ4n) is 3.26. The normalized spacial score (nSPS) is 11.1. The molecule has 0 heterocycles. The minimum Gasteiger partial charge on any atom is -0.293 e. The second kappa shape index (κ2) is 16.8. The van der Waals surface area contributed by atoms with Gasteiger partial charge in [0.05, 0.1) is 11.6 Å². The number of hydrogen-bond acceptors (Lipinski definition) is 2. The molecule has 0 bridgehead atoms. The number of aliphatic imine (C=N–C) groups is 1. The summed E-state index contributed by atoms with van der Waals surface area (Å²) in [6.45, 7) is 3.18. The maximum Gasteiger partial charge on any atom is 0.0991 e. The van der Waals surface area contributed by atoms with E-state index in [2.05, 4.69) is 18.0 Å². The summed E-state index contributed by atoms with van der Waals surface area (Å²) in [5.74, 6) is 0. The summed E-state index contributed by atoms with van der Waals surface area (Å²) in [6.07, 6.45) is 21.3. The van der Waals surface area contributed by atoms with Crippen molar-refractivity contribution in [3.8, 4) is 6.07 Å². The summed E-state index contributed by atoms with van der Waals surface area (Å²) in [5.41, 5.74) is 1.72. The fourth-order valence-corrected chi connectivity index (χ4v) is 3.26. The zero-order valence-electron chi connectivity index (χ0n) is 16.9. The molecule has 1 aromatic carbocycles. The van der Waals surface area contributed by atoms with Gasteiger partial charge in [0.25, 0.3) is 0 Å². The molecule has 0 atom stereocenters. The Morgan fingerprint density at radius 1 is 0.808 bits per heavy atom. The first-order valence-electron chi connectivity index (χ1n) is 10.9. The molecule has 0 amide bonds. The van der Waals surface area contributed by atoms with Gasteiger partial charge in [0.1, 0.15) is 0 Å². The van der Waals surface area contributed by atoms with Gasteiger partial charge in [-0.05, 0) is 24.1 Å². The number of nitriles is 1. The average Bonchev–Trinajstić information content (AvgIpc) is 2.68. The van der Waals surface area contributed by atoms with Crippen LogP contribution in [0.15, 0.2) is 29.3 Å². The molecular formula is C24H38N2. The van der Waals surface area contributed by atoms with E-state index in [-0.39, 0.29) is 0 Å². The highest BCUT2D eigenvalue weighted by molar-refractivity contribution is 5.80. The van der Waals surface area contributed by atoms with Gasteiger partial charge in [0.2, 0.25) is 0 Å². The summed E-state index contributed by atoms with van der Waals surface area (Å²) < 4.78 is 0. The SMILES string of the molecule is CCCCCCCCCCCCCCCCN=Cc1cccc(C#N)c1. The molecule has 0 aliphatic heterocycles. The topological polar surface area (TPSA) is 36.1 Å². The van der Waals surface area contributed by atoms with E-state index in [9.17, 15) is 0 Å². The third-order valence-electron chi connectivity index (χ3n) is 4.90. The Balaban J connectivity index is 1.85. The summed E-state index contributed by atoms with van der Waals surface area (Å²) >= 11 is 0. The summed E-state index contributed by atoms with van der Waals surface area (Å²) in [7, 11) is 0. The average molecular weight is 355 g/mol. The van der Waals surface area contributed by atoms with Crippen LogP contribution in [0.3, 0.4) is 0 Å². The van der Waals surface area contributed by atoms with Gasteiger partial charge in [-0.2, -0.15) is 5.26 Å². The first-order valence-corrected chi connectivity index (χ1v) is 10.9. The smallest absolute Gasteiger partial charge is 0.0991 e. The first kappa shape index (κ1) is 22.4. The minimum absolute atomic E-state index is 0.699. The van der Waals surface area contributed by atoms with Crippen molar-refractivity contribution in [3.63, 3.8) is 0 Å². The Morgan fingerprint density at radius 2 is 1.35 bits per heavy atom. The van der Waals surface area contributed by atoms with Crippen LogP contribution in [0.2, 0.25) is 0 Å². The Morgan fingerprint density at radius 3 is 1.88 bits per heavy atom. The van der Waals surface area contributed by atoms with Crippen LogP contribution in [0.1, 0.15) is 108 Å². The van der Waals surface area contributed by atoms with Gasteiger partial charge in [-0.15, -0.1) is 0 Å². The van der Waals surface area contributed by atoms with Crippen molar-refractivity contribution in [2.45, 2.75) is 96.8 Å². The van der Waals surface area contributed by atoms with Crippen LogP contribution in [0.4, 0.5) is 0 Å². The predicted octanol–water partition coefficient (Wildman–Crippen LogP) is 7.46. The molecule has 0 N–H and O–H groups in total. The van der Waals surface area contributed by atoms with Crippen LogP contribution in [0, 0.1) is 11.3 Å². The maximum atomic E-state index is 8.88. The van der Waals surface area contributed by atoms with E-state index in [4.69, 9.17) is 5.26 Å². The van der Waals surface area contributed by atoms with Crippen molar-refractivity contribution in [1.82, 2.24) is 0 Å². The Hall–Kier alpha value is -1.62. The lowest BCUT2D eigenvalue weighted by Gasteiger charge is -2.02. The van der Waals surface area contributed by atoms with Crippen LogP contribution < -0.4 is 0 Å². The highest BCUT2D eigenvalue weighted by Crippen LogP contribution is 2.13. The van der Waals surface area contributed by atoms with Gasteiger partial charge >= 0.3 is 0 Å². The molecule has 2 heteroatoms. The highest BCUT2D eigenvalue weighted by Gasteiger charge is 1.94. The van der Waals surface area contributed by atoms with Crippen LogP contribution >= 0.6 is 0 Å². The molecule has 0 saturated heterocycles. The van der Waals surface area contributed by atoms with Crippen molar-refractivity contribution in [2.24, 2.45) is 4.99 Å². The lowest BCUT2D eigenvalue weighted by Crippen LogP contribution is -1.87. The van der Waals surface area contributed by atoms with Crippen molar-refractivity contribution < 1.29 is 0 Å². The molecule has 0 unspecified atom stereocenters. The van der Waals surface area contributed by atoms with Crippen LogP contribution in [0.25, 0.3) is 0 Å². The molecule has 2 nitrogen and oxygen atoms in total. The van der Waals surface area contributed by atoms with E-state index in [1.807, 2.05) is 30.5 Å². The minimum atomic E-state index is 0.699. The lowest BCUT2D eigenvalue weighted by atomic mass is 10.0. The van der Waals surface area contributed by atoms with Crippen molar-refractivity contribution in [2.75, 3.05) is 6.54 Å². The molecule has 0 aliphatic carbocycles. The van der Waals surface area contributed by atoms with Gasteiger partial charge in [0, 0.05) is 12.8 Å². The maximum absolute atomic E-state index is 8.88. The zero-order valence-corrected chi connectivity index (χ0v) is 16.9. The van der Waals surface area contributed by atoms with Crippen molar-refractivity contribution in [3.05, 3.63) is 35.4 Å². The molecule has 26 heavy (non-hydrogen) atoms. The molecule has 0 spiro atoms. The van der Waals surface area contributed by atoms with Crippen LogP contribution in [0.5, 0.6) is 0 Å². The largest absolute Gasteiger partial charge is 0.293 e. The summed E-state index contributed by atoms with van der Waals surface area (Å²) in [6, 6.07) is 9.77. The van der Waals surface area contributed by atoms with Gasteiger partial charge in [-0.1, -0.05) is 103 Å². The van der Waals surface area contributed by atoms with Gasteiger partial charge < -0.3 is 0 Å². The number of benzene rings is 1. The standard InChI is InChI=1S/C24H38N2/c1-2-3-4-5-6-7-8-9-10-11-12-13-14-15-19-26-22-24-18-16-17-23(20-24)21-25/h16-18,20,22H,2-15,19H2,1H3. The molecule has 0 fully saturated rings. The van der Waals surface area contributed by atoms with E-state index in [1.165, 1.54) is 89.9 Å². The Kier molecular flexibility index (Phi) is 14.5. The summed E-state index contributed by atoms with van der Waals surface area (Å²) in [5, 5.41) is 8.88. The Labute approximate surface area is 161 Å².